The summed E-state index contributed by atoms with van der Waals surface area (Å²) in [5.74, 6) is -0.193. The fourth-order valence-corrected chi connectivity index (χ4v) is 8.46. The molecule has 8 nitrogen and oxygen atoms in total. The van der Waals surface area contributed by atoms with E-state index in [1.807, 2.05) is 27.2 Å². The Hall–Kier alpha value is -2.06. The zero-order valence-corrected chi connectivity index (χ0v) is 45.3. The summed E-state index contributed by atoms with van der Waals surface area (Å²) in [6.07, 6.45) is 67.1. The first-order valence-corrected chi connectivity index (χ1v) is 29.3. The molecule has 9 heteroatoms. The van der Waals surface area contributed by atoms with Gasteiger partial charge in [-0.05, 0) is 83.5 Å². The van der Waals surface area contributed by atoms with E-state index in [2.05, 4.69) is 79.9 Å². The SMILES string of the molecule is CCCCCCC/C=C\C/C=C\C/C=C\CCCCCCCCCCCCCCCCC(=O)NC(COP(=O)(O)OCC[N+](C)(C)C)C(O)/C=C/CC/C=C/CC/C=C/CCCCCCCC. The summed E-state index contributed by atoms with van der Waals surface area (Å²) >= 11 is 0. The molecule has 0 aliphatic rings. The quantitative estimate of drug-likeness (QED) is 0.0243. The molecule has 0 fully saturated rings. The van der Waals surface area contributed by atoms with Crippen LogP contribution in [0.2, 0.25) is 0 Å². The summed E-state index contributed by atoms with van der Waals surface area (Å²) < 4.78 is 23.6. The van der Waals surface area contributed by atoms with Gasteiger partial charge in [-0.3, -0.25) is 13.8 Å². The number of rotatable bonds is 50. The molecule has 0 heterocycles. The first-order chi connectivity index (χ1) is 32.5. The number of hydrogen-bond donors (Lipinski definition) is 3. The fraction of sp³-hybridized carbons (Fsp3) is 0.776. The van der Waals surface area contributed by atoms with E-state index in [1.165, 1.54) is 161 Å². The molecule has 3 N–H and O–H groups in total. The van der Waals surface area contributed by atoms with E-state index >= 15 is 0 Å². The fourth-order valence-electron chi connectivity index (χ4n) is 7.73. The van der Waals surface area contributed by atoms with E-state index < -0.39 is 20.0 Å². The molecule has 67 heavy (non-hydrogen) atoms. The Labute approximate surface area is 414 Å². The summed E-state index contributed by atoms with van der Waals surface area (Å²) in [5, 5.41) is 13.9. The van der Waals surface area contributed by atoms with Crippen molar-refractivity contribution >= 4 is 13.7 Å². The number of nitrogens with zero attached hydrogens (tertiary/aromatic N) is 1. The van der Waals surface area contributed by atoms with E-state index in [0.717, 1.165) is 57.8 Å². The maximum Gasteiger partial charge on any atom is 0.472 e. The zero-order valence-electron chi connectivity index (χ0n) is 44.4. The maximum atomic E-state index is 13.0. The Kier molecular flexibility index (Phi) is 47.4. The Balaban J connectivity index is 4.21. The Bertz CT molecular complexity index is 1320. The number of carbonyl (C=O) groups is 1. The number of carbonyl (C=O) groups excluding carboxylic acids is 1. The number of aliphatic hydroxyl groups is 1. The molecule has 0 aromatic carbocycles. The third-order valence-electron chi connectivity index (χ3n) is 12.1. The zero-order chi connectivity index (χ0) is 49.2. The minimum absolute atomic E-state index is 0.0512. The standard InChI is InChI=1S/C58H107N2O6P/c1-6-8-10-12-14-16-18-20-22-24-25-26-27-28-29-30-31-32-33-34-35-36-38-40-42-44-46-48-50-52-58(62)59-56(55-66-67(63,64)65-54-53-60(3,4)5)57(61)51-49-47-45-43-41-39-37-23-21-19-17-15-13-11-9-7-2/h18,20-21,23-25,27-28,41,43,49,51,56-57,61H,6-17,19,22,26,29-40,42,44-48,50,52-55H2,1-5H3,(H-,59,62,63,64)/p+1/b20-18-,23-21+,25-24-,28-27-,43-41+,51-49+. The van der Waals surface area contributed by atoms with Gasteiger partial charge in [0.2, 0.25) is 5.91 Å². The summed E-state index contributed by atoms with van der Waals surface area (Å²) in [6, 6.07) is -0.873. The van der Waals surface area contributed by atoms with Crippen LogP contribution in [0.25, 0.3) is 0 Å². The van der Waals surface area contributed by atoms with Crippen molar-refractivity contribution in [1.29, 1.82) is 0 Å². The van der Waals surface area contributed by atoms with Gasteiger partial charge in [-0.1, -0.05) is 222 Å². The maximum absolute atomic E-state index is 13.0. The molecule has 1 amide bonds. The summed E-state index contributed by atoms with van der Waals surface area (Å²) in [7, 11) is 1.54. The highest BCUT2D eigenvalue weighted by Gasteiger charge is 2.27. The van der Waals surface area contributed by atoms with Crippen LogP contribution in [0.4, 0.5) is 0 Å². The second-order valence-corrected chi connectivity index (χ2v) is 21.4. The largest absolute Gasteiger partial charge is 0.472 e. The lowest BCUT2D eigenvalue weighted by atomic mass is 10.0. The summed E-state index contributed by atoms with van der Waals surface area (Å²) in [4.78, 5) is 23.3. The molecule has 3 unspecified atom stereocenters. The lowest BCUT2D eigenvalue weighted by Gasteiger charge is -2.25. The van der Waals surface area contributed by atoms with Gasteiger partial charge in [0.15, 0.2) is 0 Å². The molecule has 0 aliphatic carbocycles. The van der Waals surface area contributed by atoms with Crippen LogP contribution in [-0.4, -0.2) is 73.4 Å². The van der Waals surface area contributed by atoms with Crippen molar-refractivity contribution in [3.8, 4) is 0 Å². The van der Waals surface area contributed by atoms with Crippen LogP contribution >= 0.6 is 7.82 Å². The van der Waals surface area contributed by atoms with Crippen LogP contribution in [0.1, 0.15) is 239 Å². The van der Waals surface area contributed by atoms with Gasteiger partial charge in [-0.2, -0.15) is 0 Å². The van der Waals surface area contributed by atoms with Crippen molar-refractivity contribution in [2.45, 2.75) is 251 Å². The van der Waals surface area contributed by atoms with Gasteiger partial charge in [-0.15, -0.1) is 0 Å². The van der Waals surface area contributed by atoms with Gasteiger partial charge in [0.1, 0.15) is 13.2 Å². The van der Waals surface area contributed by atoms with Crippen LogP contribution in [0.15, 0.2) is 72.9 Å². The van der Waals surface area contributed by atoms with Gasteiger partial charge in [-0.25, -0.2) is 4.57 Å². The van der Waals surface area contributed by atoms with E-state index in [4.69, 9.17) is 9.05 Å². The van der Waals surface area contributed by atoms with E-state index in [0.29, 0.717) is 17.4 Å². The minimum Gasteiger partial charge on any atom is -0.387 e. The number of phosphoric ester groups is 1. The molecule has 0 saturated heterocycles. The highest BCUT2D eigenvalue weighted by Crippen LogP contribution is 2.43. The highest BCUT2D eigenvalue weighted by molar-refractivity contribution is 7.47. The van der Waals surface area contributed by atoms with Crippen molar-refractivity contribution in [2.75, 3.05) is 40.9 Å². The average Bonchev–Trinajstić information content (AvgIpc) is 3.29. The molecule has 0 saturated carbocycles. The second kappa shape index (κ2) is 48.9. The molecule has 0 bridgehead atoms. The molecule has 390 valence electrons. The second-order valence-electron chi connectivity index (χ2n) is 19.9. The van der Waals surface area contributed by atoms with E-state index in [-0.39, 0.29) is 19.1 Å². The first kappa shape index (κ1) is 64.9. The number of amides is 1. The molecule has 3 atom stereocenters. The number of allylic oxidation sites excluding steroid dienone is 11. The third kappa shape index (κ3) is 51.6. The lowest BCUT2D eigenvalue weighted by molar-refractivity contribution is -0.870. The number of unbranched alkanes of at least 4 members (excludes halogenated alkanes) is 27. The van der Waals surface area contributed by atoms with Gasteiger partial charge in [0.05, 0.1) is 39.9 Å². The number of aliphatic hydroxyl groups excluding tert-OH is 1. The number of likely N-dealkylation sites (N-methyl/N-ethyl adjacent to an activating group) is 1. The van der Waals surface area contributed by atoms with Crippen LogP contribution in [0.5, 0.6) is 0 Å². The van der Waals surface area contributed by atoms with Crippen molar-refractivity contribution in [3.05, 3.63) is 72.9 Å². The van der Waals surface area contributed by atoms with Crippen molar-refractivity contribution < 1.29 is 32.9 Å². The number of nitrogens with one attached hydrogen (secondary N) is 1. The van der Waals surface area contributed by atoms with Crippen molar-refractivity contribution in [1.82, 2.24) is 5.32 Å². The van der Waals surface area contributed by atoms with Crippen LogP contribution in [-0.2, 0) is 18.4 Å². The average molecular weight is 960 g/mol. The van der Waals surface area contributed by atoms with Crippen LogP contribution < -0.4 is 5.32 Å². The lowest BCUT2D eigenvalue weighted by Crippen LogP contribution is -2.45. The number of hydrogen-bond acceptors (Lipinski definition) is 5. The van der Waals surface area contributed by atoms with Gasteiger partial charge in [0.25, 0.3) is 0 Å². The molecule has 0 aliphatic heterocycles. The summed E-state index contributed by atoms with van der Waals surface area (Å²) in [6.45, 7) is 4.77. The van der Waals surface area contributed by atoms with Gasteiger partial charge < -0.3 is 19.8 Å². The molecule has 0 aromatic heterocycles. The van der Waals surface area contributed by atoms with Crippen molar-refractivity contribution in [2.24, 2.45) is 0 Å². The highest BCUT2D eigenvalue weighted by atomic mass is 31.2. The predicted molar refractivity (Wildman–Crippen MR) is 290 cm³/mol. The smallest absolute Gasteiger partial charge is 0.387 e. The van der Waals surface area contributed by atoms with Gasteiger partial charge >= 0.3 is 7.82 Å². The molecule has 0 radical (unpaired) electrons. The molecular formula is C58H108N2O6P+. The van der Waals surface area contributed by atoms with Gasteiger partial charge in [0, 0.05) is 6.42 Å². The normalized spacial score (nSPS) is 14.6. The van der Waals surface area contributed by atoms with Crippen LogP contribution in [0, 0.1) is 0 Å². The molecular weight excluding hydrogens is 852 g/mol. The molecule has 0 rings (SSSR count). The number of phosphoric acid groups is 1. The van der Waals surface area contributed by atoms with Crippen molar-refractivity contribution in [3.63, 3.8) is 0 Å². The van der Waals surface area contributed by atoms with E-state index in [1.54, 1.807) is 6.08 Å². The van der Waals surface area contributed by atoms with E-state index in [9.17, 15) is 19.4 Å². The molecule has 0 spiro atoms. The minimum atomic E-state index is -4.36. The van der Waals surface area contributed by atoms with Crippen LogP contribution in [0.3, 0.4) is 0 Å². The molecule has 0 aromatic rings. The third-order valence-corrected chi connectivity index (χ3v) is 13.1. The monoisotopic (exact) mass is 960 g/mol. The Morgan fingerprint density at radius 3 is 1.30 bits per heavy atom. The Morgan fingerprint density at radius 1 is 0.507 bits per heavy atom. The Morgan fingerprint density at radius 2 is 0.866 bits per heavy atom. The topological polar surface area (TPSA) is 105 Å². The number of quaternary nitrogens is 1. The summed E-state index contributed by atoms with van der Waals surface area (Å²) in [5.41, 5.74) is 0. The first-order valence-electron chi connectivity index (χ1n) is 27.8. The predicted octanol–water partition coefficient (Wildman–Crippen LogP) is 16.7.